The van der Waals surface area contributed by atoms with Crippen molar-refractivity contribution in [1.29, 1.82) is 0 Å². The van der Waals surface area contributed by atoms with Crippen molar-refractivity contribution < 1.29 is 4.74 Å². The molecule has 19 heavy (non-hydrogen) atoms. The van der Waals surface area contributed by atoms with E-state index in [9.17, 15) is 0 Å². The number of nitrogens with zero attached hydrogens (tertiary/aromatic N) is 1. The van der Waals surface area contributed by atoms with E-state index in [1.165, 1.54) is 5.56 Å². The van der Waals surface area contributed by atoms with Gasteiger partial charge in [0.15, 0.2) is 0 Å². The third-order valence-electron chi connectivity index (χ3n) is 2.91. The van der Waals surface area contributed by atoms with Crippen LogP contribution in [0, 0.1) is 0 Å². The summed E-state index contributed by atoms with van der Waals surface area (Å²) in [5.74, 6) is 0.835. The third-order valence-corrected chi connectivity index (χ3v) is 3.53. The predicted molar refractivity (Wildman–Crippen MR) is 80.3 cm³/mol. The van der Waals surface area contributed by atoms with Gasteiger partial charge in [-0.15, -0.1) is 0 Å². The molecule has 0 radical (unpaired) electrons. The third kappa shape index (κ3) is 4.04. The maximum atomic E-state index is 6.17. The summed E-state index contributed by atoms with van der Waals surface area (Å²) in [5, 5.41) is 0. The van der Waals surface area contributed by atoms with Crippen LogP contribution in [0.25, 0.3) is 0 Å². The number of rotatable bonds is 5. The molecule has 2 aromatic rings. The standard InChI is InChI=1S/C15H17BrN2O/c1-19-15-6-5-11(9-14(15)16)8-12(17)10-13-4-2-3-7-18-13/h2-7,9,12H,8,10,17H2,1H3. The first-order valence-electron chi connectivity index (χ1n) is 6.17. The number of pyridine rings is 1. The SMILES string of the molecule is COc1ccc(CC(N)Cc2ccccn2)cc1Br. The smallest absolute Gasteiger partial charge is 0.133 e. The molecular formula is C15H17BrN2O. The van der Waals surface area contributed by atoms with E-state index in [0.717, 1.165) is 28.8 Å². The van der Waals surface area contributed by atoms with Crippen LogP contribution >= 0.6 is 15.9 Å². The van der Waals surface area contributed by atoms with Crippen LogP contribution in [-0.2, 0) is 12.8 Å². The predicted octanol–water partition coefficient (Wildman–Crippen LogP) is 2.97. The Bertz CT molecular complexity index is 531. The van der Waals surface area contributed by atoms with Gasteiger partial charge in [-0.1, -0.05) is 12.1 Å². The minimum absolute atomic E-state index is 0.0650. The number of hydrogen-bond donors (Lipinski definition) is 1. The molecule has 0 amide bonds. The Morgan fingerprint density at radius 2 is 2.11 bits per heavy atom. The number of halogens is 1. The summed E-state index contributed by atoms with van der Waals surface area (Å²) >= 11 is 3.49. The summed E-state index contributed by atoms with van der Waals surface area (Å²) in [6.45, 7) is 0. The molecule has 1 atom stereocenters. The Balaban J connectivity index is 1.99. The molecular weight excluding hydrogens is 304 g/mol. The lowest BCUT2D eigenvalue weighted by Gasteiger charge is -2.12. The van der Waals surface area contributed by atoms with Crippen molar-refractivity contribution in [2.45, 2.75) is 18.9 Å². The Morgan fingerprint density at radius 1 is 1.26 bits per heavy atom. The van der Waals surface area contributed by atoms with Crippen LogP contribution in [-0.4, -0.2) is 18.1 Å². The van der Waals surface area contributed by atoms with Gasteiger partial charge in [0.2, 0.25) is 0 Å². The number of hydrogen-bond acceptors (Lipinski definition) is 3. The van der Waals surface area contributed by atoms with Gasteiger partial charge in [-0.05, 0) is 52.2 Å². The van der Waals surface area contributed by atoms with Gasteiger partial charge in [0.1, 0.15) is 5.75 Å². The van der Waals surface area contributed by atoms with E-state index >= 15 is 0 Å². The minimum atomic E-state index is 0.0650. The van der Waals surface area contributed by atoms with Crippen LogP contribution in [0.5, 0.6) is 5.75 Å². The summed E-state index contributed by atoms with van der Waals surface area (Å²) in [4.78, 5) is 4.30. The van der Waals surface area contributed by atoms with E-state index in [2.05, 4.69) is 27.0 Å². The number of benzene rings is 1. The molecule has 1 aromatic carbocycles. The molecule has 2 rings (SSSR count). The van der Waals surface area contributed by atoms with Crippen LogP contribution in [0.1, 0.15) is 11.3 Å². The molecule has 0 spiro atoms. The molecule has 1 heterocycles. The summed E-state index contributed by atoms with van der Waals surface area (Å²) in [5.41, 5.74) is 8.39. The Kier molecular flexibility index (Phi) is 4.93. The lowest BCUT2D eigenvalue weighted by molar-refractivity contribution is 0.412. The number of nitrogens with two attached hydrogens (primary N) is 1. The number of ether oxygens (including phenoxy) is 1. The number of aromatic nitrogens is 1. The highest BCUT2D eigenvalue weighted by atomic mass is 79.9. The van der Waals surface area contributed by atoms with Gasteiger partial charge >= 0.3 is 0 Å². The van der Waals surface area contributed by atoms with Crippen LogP contribution in [0.2, 0.25) is 0 Å². The molecule has 0 fully saturated rings. The first kappa shape index (κ1) is 14.0. The Morgan fingerprint density at radius 3 is 2.74 bits per heavy atom. The zero-order chi connectivity index (χ0) is 13.7. The van der Waals surface area contributed by atoms with Crippen molar-refractivity contribution in [1.82, 2.24) is 4.98 Å². The van der Waals surface area contributed by atoms with Crippen LogP contribution in [0.4, 0.5) is 0 Å². The second-order valence-electron chi connectivity index (χ2n) is 4.46. The molecule has 1 aromatic heterocycles. The molecule has 1 unspecified atom stereocenters. The highest BCUT2D eigenvalue weighted by molar-refractivity contribution is 9.10. The average molecular weight is 321 g/mol. The van der Waals surface area contributed by atoms with Gasteiger partial charge in [0, 0.05) is 24.4 Å². The normalized spacial score (nSPS) is 12.2. The van der Waals surface area contributed by atoms with Crippen molar-refractivity contribution in [2.24, 2.45) is 5.73 Å². The topological polar surface area (TPSA) is 48.1 Å². The van der Waals surface area contributed by atoms with Crippen molar-refractivity contribution in [3.05, 3.63) is 58.3 Å². The van der Waals surface area contributed by atoms with Crippen molar-refractivity contribution in [3.8, 4) is 5.75 Å². The van der Waals surface area contributed by atoms with Gasteiger partial charge in [-0.25, -0.2) is 0 Å². The minimum Gasteiger partial charge on any atom is -0.496 e. The van der Waals surface area contributed by atoms with E-state index < -0.39 is 0 Å². The molecule has 0 bridgehead atoms. The zero-order valence-electron chi connectivity index (χ0n) is 10.8. The van der Waals surface area contributed by atoms with Crippen molar-refractivity contribution in [3.63, 3.8) is 0 Å². The summed E-state index contributed by atoms with van der Waals surface area (Å²) < 4.78 is 6.17. The fourth-order valence-corrected chi connectivity index (χ4v) is 2.59. The van der Waals surface area contributed by atoms with E-state index in [1.54, 1.807) is 13.3 Å². The molecule has 0 saturated carbocycles. The Labute approximate surface area is 121 Å². The van der Waals surface area contributed by atoms with Gasteiger partial charge in [0.05, 0.1) is 11.6 Å². The maximum Gasteiger partial charge on any atom is 0.133 e. The molecule has 0 saturated heterocycles. The fourth-order valence-electron chi connectivity index (χ4n) is 2.00. The molecule has 0 aliphatic carbocycles. The van der Waals surface area contributed by atoms with Crippen molar-refractivity contribution >= 4 is 15.9 Å². The largest absolute Gasteiger partial charge is 0.496 e. The molecule has 100 valence electrons. The highest BCUT2D eigenvalue weighted by Gasteiger charge is 2.08. The van der Waals surface area contributed by atoms with E-state index in [0.29, 0.717) is 0 Å². The second-order valence-corrected chi connectivity index (χ2v) is 5.31. The molecule has 3 nitrogen and oxygen atoms in total. The van der Waals surface area contributed by atoms with Gasteiger partial charge in [0.25, 0.3) is 0 Å². The lowest BCUT2D eigenvalue weighted by Crippen LogP contribution is -2.25. The lowest BCUT2D eigenvalue weighted by atomic mass is 10.0. The summed E-state index contributed by atoms with van der Waals surface area (Å²) in [6.07, 6.45) is 3.40. The van der Waals surface area contributed by atoms with Crippen LogP contribution in [0.15, 0.2) is 47.1 Å². The second kappa shape index (κ2) is 6.68. The van der Waals surface area contributed by atoms with E-state index in [-0.39, 0.29) is 6.04 Å². The summed E-state index contributed by atoms with van der Waals surface area (Å²) in [7, 11) is 1.66. The Hall–Kier alpha value is -1.39. The van der Waals surface area contributed by atoms with E-state index in [1.807, 2.05) is 30.3 Å². The number of methoxy groups -OCH3 is 1. The van der Waals surface area contributed by atoms with Gasteiger partial charge in [-0.3, -0.25) is 4.98 Å². The fraction of sp³-hybridized carbons (Fsp3) is 0.267. The van der Waals surface area contributed by atoms with Crippen LogP contribution < -0.4 is 10.5 Å². The van der Waals surface area contributed by atoms with Gasteiger partial charge in [-0.2, -0.15) is 0 Å². The summed E-state index contributed by atoms with van der Waals surface area (Å²) in [6, 6.07) is 12.0. The monoisotopic (exact) mass is 320 g/mol. The average Bonchev–Trinajstić information content (AvgIpc) is 2.40. The first-order chi connectivity index (χ1) is 9.19. The zero-order valence-corrected chi connectivity index (χ0v) is 12.4. The highest BCUT2D eigenvalue weighted by Crippen LogP contribution is 2.26. The molecule has 0 aliphatic rings. The molecule has 0 aliphatic heterocycles. The molecule has 2 N–H and O–H groups in total. The molecule has 4 heteroatoms. The quantitative estimate of drug-likeness (QED) is 0.921. The first-order valence-corrected chi connectivity index (χ1v) is 6.96. The van der Waals surface area contributed by atoms with Gasteiger partial charge < -0.3 is 10.5 Å². The maximum absolute atomic E-state index is 6.17. The van der Waals surface area contributed by atoms with Crippen LogP contribution in [0.3, 0.4) is 0 Å². The van der Waals surface area contributed by atoms with E-state index in [4.69, 9.17) is 10.5 Å². The van der Waals surface area contributed by atoms with Crippen molar-refractivity contribution in [2.75, 3.05) is 7.11 Å².